The molecule has 1 aliphatic rings. The van der Waals surface area contributed by atoms with Crippen molar-refractivity contribution >= 4 is 29.9 Å². The van der Waals surface area contributed by atoms with Crippen molar-refractivity contribution in [2.24, 2.45) is 4.99 Å². The first kappa shape index (κ1) is 19.7. The summed E-state index contributed by atoms with van der Waals surface area (Å²) < 4.78 is 2.05. The van der Waals surface area contributed by atoms with Crippen molar-refractivity contribution in [3.63, 3.8) is 0 Å². The Bertz CT molecular complexity index is 674. The Morgan fingerprint density at radius 2 is 2.24 bits per heavy atom. The molecule has 1 saturated heterocycles. The summed E-state index contributed by atoms with van der Waals surface area (Å²) in [5.41, 5.74) is 2.42. The second kappa shape index (κ2) is 9.76. The Kier molecular flexibility index (Phi) is 7.70. The Balaban J connectivity index is 0.00000225. The first-order valence-corrected chi connectivity index (χ1v) is 8.49. The zero-order valence-corrected chi connectivity index (χ0v) is 16.8. The molecule has 1 aromatic heterocycles. The summed E-state index contributed by atoms with van der Waals surface area (Å²) in [6.45, 7) is 5.85. The minimum Gasteiger partial charge on any atom is -0.391 e. The summed E-state index contributed by atoms with van der Waals surface area (Å²) in [7, 11) is 0. The highest BCUT2D eigenvalue weighted by Gasteiger charge is 2.22. The smallest absolute Gasteiger partial charge is 0.194 e. The van der Waals surface area contributed by atoms with Crippen LogP contribution < -0.4 is 5.32 Å². The number of hydrogen-bond donors (Lipinski definition) is 2. The molecule has 136 valence electrons. The molecule has 0 saturated carbocycles. The fourth-order valence-corrected chi connectivity index (χ4v) is 2.94. The summed E-state index contributed by atoms with van der Waals surface area (Å²) in [5.74, 6) is 0.883. The van der Waals surface area contributed by atoms with Crippen LogP contribution >= 0.6 is 24.0 Å². The standard InChI is InChI=1S/C18H25N5O.HI/c1-2-20-18(23-8-6-17(24)13-23)21-11-15-4-3-5-16(10-15)12-22-9-7-19-14-22;/h3-5,7,9-10,14,17,24H,2,6,8,11-13H2,1H3,(H,20,21);1H/t17-;/m1./s1. The predicted molar refractivity (Wildman–Crippen MR) is 110 cm³/mol. The van der Waals surface area contributed by atoms with Crippen LogP contribution in [0.25, 0.3) is 0 Å². The number of aliphatic imine (C=N–C) groups is 1. The van der Waals surface area contributed by atoms with Crippen molar-refractivity contribution in [2.75, 3.05) is 19.6 Å². The third kappa shape index (κ3) is 5.71. The average molecular weight is 455 g/mol. The number of nitrogens with one attached hydrogen (secondary N) is 1. The monoisotopic (exact) mass is 455 g/mol. The van der Waals surface area contributed by atoms with Crippen LogP contribution in [0.2, 0.25) is 0 Å². The largest absolute Gasteiger partial charge is 0.391 e. The molecule has 2 heterocycles. The summed E-state index contributed by atoms with van der Waals surface area (Å²) in [5, 5.41) is 13.0. The maximum Gasteiger partial charge on any atom is 0.194 e. The van der Waals surface area contributed by atoms with Crippen molar-refractivity contribution in [2.45, 2.75) is 32.5 Å². The number of benzene rings is 1. The van der Waals surface area contributed by atoms with Crippen LogP contribution in [-0.4, -0.2) is 51.3 Å². The quantitative estimate of drug-likeness (QED) is 0.412. The van der Waals surface area contributed by atoms with Gasteiger partial charge in [0.1, 0.15) is 0 Å². The van der Waals surface area contributed by atoms with Gasteiger partial charge < -0.3 is 19.9 Å². The van der Waals surface area contributed by atoms with E-state index in [2.05, 4.69) is 51.0 Å². The van der Waals surface area contributed by atoms with Gasteiger partial charge in [-0.1, -0.05) is 24.3 Å². The number of guanidine groups is 1. The molecule has 0 amide bonds. The van der Waals surface area contributed by atoms with E-state index in [4.69, 9.17) is 4.99 Å². The van der Waals surface area contributed by atoms with Crippen LogP contribution in [0.4, 0.5) is 0 Å². The lowest BCUT2D eigenvalue weighted by Crippen LogP contribution is -2.40. The van der Waals surface area contributed by atoms with Gasteiger partial charge in [-0.25, -0.2) is 9.98 Å². The molecule has 3 rings (SSSR count). The fraction of sp³-hybridized carbons (Fsp3) is 0.444. The molecule has 0 unspecified atom stereocenters. The molecule has 1 aliphatic heterocycles. The lowest BCUT2D eigenvalue weighted by molar-refractivity contribution is 0.188. The highest BCUT2D eigenvalue weighted by molar-refractivity contribution is 14.0. The molecule has 1 fully saturated rings. The van der Waals surface area contributed by atoms with Gasteiger partial charge in [0.25, 0.3) is 0 Å². The number of halogens is 1. The van der Waals surface area contributed by atoms with E-state index in [0.29, 0.717) is 13.1 Å². The van der Waals surface area contributed by atoms with Gasteiger partial charge >= 0.3 is 0 Å². The number of likely N-dealkylation sites (tertiary alicyclic amines) is 1. The topological polar surface area (TPSA) is 65.7 Å². The minimum atomic E-state index is -0.243. The van der Waals surface area contributed by atoms with Crippen LogP contribution in [0.15, 0.2) is 48.0 Å². The first-order chi connectivity index (χ1) is 11.7. The van der Waals surface area contributed by atoms with Crippen LogP contribution in [0.3, 0.4) is 0 Å². The van der Waals surface area contributed by atoms with Gasteiger partial charge in [0.05, 0.1) is 19.0 Å². The maximum absolute atomic E-state index is 9.73. The highest BCUT2D eigenvalue weighted by Crippen LogP contribution is 2.11. The molecule has 0 bridgehead atoms. The van der Waals surface area contributed by atoms with E-state index in [0.717, 1.165) is 32.0 Å². The number of aromatic nitrogens is 2. The summed E-state index contributed by atoms with van der Waals surface area (Å²) in [4.78, 5) is 10.9. The lowest BCUT2D eigenvalue weighted by atomic mass is 10.1. The van der Waals surface area contributed by atoms with E-state index < -0.39 is 0 Å². The maximum atomic E-state index is 9.73. The molecule has 25 heavy (non-hydrogen) atoms. The van der Waals surface area contributed by atoms with Gasteiger partial charge in [-0.15, -0.1) is 24.0 Å². The Morgan fingerprint density at radius 1 is 1.40 bits per heavy atom. The van der Waals surface area contributed by atoms with Gasteiger partial charge in [0.15, 0.2) is 5.96 Å². The molecular weight excluding hydrogens is 429 g/mol. The SMILES string of the molecule is CCNC(=NCc1cccc(Cn2ccnc2)c1)N1CC[C@@H](O)C1.I. The van der Waals surface area contributed by atoms with Crippen LogP contribution in [0.1, 0.15) is 24.5 Å². The predicted octanol–water partition coefficient (Wildman–Crippen LogP) is 2.08. The summed E-state index contributed by atoms with van der Waals surface area (Å²) in [6, 6.07) is 8.48. The molecule has 2 N–H and O–H groups in total. The van der Waals surface area contributed by atoms with E-state index in [1.807, 2.05) is 12.5 Å². The molecule has 0 aliphatic carbocycles. The van der Waals surface area contributed by atoms with Crippen molar-refractivity contribution in [1.82, 2.24) is 19.8 Å². The number of hydrogen-bond acceptors (Lipinski definition) is 3. The normalized spacial score (nSPS) is 17.4. The van der Waals surface area contributed by atoms with Crippen LogP contribution in [0, 0.1) is 0 Å². The van der Waals surface area contributed by atoms with Gasteiger partial charge in [0, 0.05) is 38.6 Å². The van der Waals surface area contributed by atoms with Gasteiger partial charge in [-0.3, -0.25) is 0 Å². The number of β-amino-alcohol motifs (C(OH)–C–C–N with tert-alkyl or cyclic N) is 1. The third-order valence-electron chi connectivity index (χ3n) is 4.12. The van der Waals surface area contributed by atoms with Crippen LogP contribution in [-0.2, 0) is 13.1 Å². The molecule has 0 radical (unpaired) electrons. The molecule has 7 heteroatoms. The number of rotatable bonds is 5. The Hall–Kier alpha value is -1.61. The molecule has 1 atom stereocenters. The van der Waals surface area contributed by atoms with E-state index in [1.54, 1.807) is 6.20 Å². The van der Waals surface area contributed by atoms with Crippen molar-refractivity contribution in [3.05, 3.63) is 54.1 Å². The molecular formula is C18H26IN5O. The zero-order chi connectivity index (χ0) is 16.8. The van der Waals surface area contributed by atoms with Crippen molar-refractivity contribution < 1.29 is 5.11 Å². The third-order valence-corrected chi connectivity index (χ3v) is 4.12. The van der Waals surface area contributed by atoms with Crippen molar-refractivity contribution in [1.29, 1.82) is 0 Å². The second-order valence-electron chi connectivity index (χ2n) is 6.11. The number of imidazole rings is 1. The number of aliphatic hydroxyl groups is 1. The lowest BCUT2D eigenvalue weighted by Gasteiger charge is -2.21. The van der Waals surface area contributed by atoms with E-state index in [9.17, 15) is 5.11 Å². The second-order valence-corrected chi connectivity index (χ2v) is 6.11. The fourth-order valence-electron chi connectivity index (χ4n) is 2.94. The van der Waals surface area contributed by atoms with E-state index in [-0.39, 0.29) is 30.1 Å². The summed E-state index contributed by atoms with van der Waals surface area (Å²) >= 11 is 0. The van der Waals surface area contributed by atoms with E-state index in [1.165, 1.54) is 11.1 Å². The highest BCUT2D eigenvalue weighted by atomic mass is 127. The van der Waals surface area contributed by atoms with Gasteiger partial charge in [0.2, 0.25) is 0 Å². The average Bonchev–Trinajstić information content (AvgIpc) is 3.23. The Morgan fingerprint density at radius 3 is 2.92 bits per heavy atom. The zero-order valence-electron chi connectivity index (χ0n) is 14.5. The molecule has 0 spiro atoms. The van der Waals surface area contributed by atoms with Crippen molar-refractivity contribution in [3.8, 4) is 0 Å². The molecule has 6 nitrogen and oxygen atoms in total. The molecule has 1 aromatic carbocycles. The molecule has 2 aromatic rings. The number of aliphatic hydroxyl groups excluding tert-OH is 1. The van der Waals surface area contributed by atoms with Gasteiger partial charge in [-0.05, 0) is 24.5 Å². The minimum absolute atomic E-state index is 0. The summed E-state index contributed by atoms with van der Waals surface area (Å²) in [6.07, 6.45) is 6.15. The number of nitrogens with zero attached hydrogens (tertiary/aromatic N) is 4. The van der Waals surface area contributed by atoms with Gasteiger partial charge in [-0.2, -0.15) is 0 Å². The van der Waals surface area contributed by atoms with Crippen LogP contribution in [0.5, 0.6) is 0 Å². The Labute approximate surface area is 166 Å². The first-order valence-electron chi connectivity index (χ1n) is 8.49. The van der Waals surface area contributed by atoms with E-state index >= 15 is 0 Å².